The first kappa shape index (κ1) is 16.0. The minimum atomic E-state index is -0.0914. The van der Waals surface area contributed by atoms with Crippen LogP contribution in [-0.4, -0.2) is 22.2 Å². The average molecular weight is 295 g/mol. The second-order valence-electron chi connectivity index (χ2n) is 4.52. The Morgan fingerprint density at radius 2 is 1.95 bits per heavy atom. The second-order valence-corrected chi connectivity index (χ2v) is 4.52. The van der Waals surface area contributed by atoms with Crippen molar-refractivity contribution in [2.45, 2.75) is 19.9 Å². The number of para-hydroxylation sites is 1. The summed E-state index contributed by atoms with van der Waals surface area (Å²) in [5.74, 6) is 0.626. The van der Waals surface area contributed by atoms with Gasteiger partial charge in [-0.1, -0.05) is 18.2 Å². The van der Waals surface area contributed by atoms with Crippen molar-refractivity contribution in [1.82, 2.24) is 9.78 Å². The molecule has 0 fully saturated rings. The summed E-state index contributed by atoms with van der Waals surface area (Å²) in [5, 5.41) is 10.1. The van der Waals surface area contributed by atoms with Crippen molar-refractivity contribution in [3.8, 4) is 0 Å². The van der Waals surface area contributed by atoms with Crippen molar-refractivity contribution in [3.05, 3.63) is 42.6 Å². The molecule has 2 rings (SSSR count). The molecule has 108 valence electrons. The number of carbonyl (C=O) groups excluding carboxylic acids is 1. The third kappa shape index (κ3) is 4.28. The molecule has 0 aliphatic carbocycles. The van der Waals surface area contributed by atoms with E-state index in [1.807, 2.05) is 44.2 Å². The summed E-state index contributed by atoms with van der Waals surface area (Å²) in [6, 6.07) is 11.6. The molecule has 0 bridgehead atoms. The van der Waals surface area contributed by atoms with E-state index in [9.17, 15) is 4.79 Å². The van der Waals surface area contributed by atoms with Gasteiger partial charge >= 0.3 is 0 Å². The monoisotopic (exact) mass is 294 g/mol. The molecule has 0 spiro atoms. The summed E-state index contributed by atoms with van der Waals surface area (Å²) in [5.41, 5.74) is 0.926. The van der Waals surface area contributed by atoms with E-state index >= 15 is 0 Å². The van der Waals surface area contributed by atoms with Crippen LogP contribution in [0.5, 0.6) is 0 Å². The molecule has 6 heteroatoms. The largest absolute Gasteiger partial charge is 0.376 e. The molecule has 1 amide bonds. The van der Waals surface area contributed by atoms with E-state index in [1.54, 1.807) is 16.9 Å². The van der Waals surface area contributed by atoms with E-state index in [-0.39, 0.29) is 30.9 Å². The van der Waals surface area contributed by atoms with Crippen LogP contribution in [0.1, 0.15) is 19.9 Å². The standard InChI is InChI=1S/C14H18N4O.ClH/c1-11(2)18-13(8-9-16-18)17-14(19)10-15-12-6-4-3-5-7-12;/h3-9,11,15H,10H2,1-2H3,(H,17,19);1H. The number of hydrogen-bond acceptors (Lipinski definition) is 3. The molecule has 2 aromatic rings. The highest BCUT2D eigenvalue weighted by atomic mass is 35.5. The van der Waals surface area contributed by atoms with Gasteiger partial charge in [-0.3, -0.25) is 4.79 Å². The molecule has 0 aliphatic heterocycles. The van der Waals surface area contributed by atoms with Gasteiger partial charge in [0.15, 0.2) is 0 Å². The van der Waals surface area contributed by atoms with Crippen LogP contribution < -0.4 is 10.6 Å². The Morgan fingerprint density at radius 1 is 1.25 bits per heavy atom. The van der Waals surface area contributed by atoms with E-state index in [0.717, 1.165) is 11.5 Å². The van der Waals surface area contributed by atoms with Gasteiger partial charge in [0, 0.05) is 17.8 Å². The molecular weight excluding hydrogens is 276 g/mol. The van der Waals surface area contributed by atoms with Crippen LogP contribution in [0.3, 0.4) is 0 Å². The van der Waals surface area contributed by atoms with Gasteiger partial charge in [0.1, 0.15) is 5.82 Å². The molecule has 1 aromatic heterocycles. The van der Waals surface area contributed by atoms with Crippen LogP contribution in [-0.2, 0) is 4.79 Å². The molecular formula is C14H19ClN4O. The first-order chi connectivity index (χ1) is 9.16. The number of halogens is 1. The molecule has 5 nitrogen and oxygen atoms in total. The third-order valence-corrected chi connectivity index (χ3v) is 2.65. The molecule has 0 saturated carbocycles. The molecule has 0 atom stereocenters. The number of nitrogens with one attached hydrogen (secondary N) is 2. The van der Waals surface area contributed by atoms with Gasteiger partial charge in [-0.05, 0) is 26.0 Å². The summed E-state index contributed by atoms with van der Waals surface area (Å²) in [6.45, 7) is 4.27. The summed E-state index contributed by atoms with van der Waals surface area (Å²) in [7, 11) is 0. The zero-order valence-corrected chi connectivity index (χ0v) is 12.4. The lowest BCUT2D eigenvalue weighted by molar-refractivity contribution is -0.114. The van der Waals surface area contributed by atoms with Crippen LogP contribution in [0.2, 0.25) is 0 Å². The second kappa shape index (κ2) is 7.55. The highest BCUT2D eigenvalue weighted by Crippen LogP contribution is 2.12. The summed E-state index contributed by atoms with van der Waals surface area (Å²) in [4.78, 5) is 11.8. The van der Waals surface area contributed by atoms with Gasteiger partial charge in [0.25, 0.3) is 0 Å². The van der Waals surface area contributed by atoms with E-state index in [2.05, 4.69) is 15.7 Å². The van der Waals surface area contributed by atoms with Crippen molar-refractivity contribution >= 4 is 29.8 Å². The molecule has 0 saturated heterocycles. The summed E-state index contributed by atoms with van der Waals surface area (Å²) >= 11 is 0. The van der Waals surface area contributed by atoms with E-state index in [0.29, 0.717) is 0 Å². The lowest BCUT2D eigenvalue weighted by Crippen LogP contribution is -2.23. The molecule has 20 heavy (non-hydrogen) atoms. The zero-order chi connectivity index (χ0) is 13.7. The SMILES string of the molecule is CC(C)n1nccc1NC(=O)CNc1ccccc1.Cl. The van der Waals surface area contributed by atoms with Gasteiger partial charge in [-0.2, -0.15) is 5.10 Å². The van der Waals surface area contributed by atoms with Crippen LogP contribution >= 0.6 is 12.4 Å². The quantitative estimate of drug-likeness (QED) is 0.891. The third-order valence-electron chi connectivity index (χ3n) is 2.65. The van der Waals surface area contributed by atoms with Gasteiger partial charge in [-0.25, -0.2) is 4.68 Å². The van der Waals surface area contributed by atoms with Crippen molar-refractivity contribution in [2.24, 2.45) is 0 Å². The highest BCUT2D eigenvalue weighted by molar-refractivity contribution is 5.93. The number of amides is 1. The van der Waals surface area contributed by atoms with Gasteiger partial charge in [0.05, 0.1) is 12.7 Å². The first-order valence-electron chi connectivity index (χ1n) is 6.29. The van der Waals surface area contributed by atoms with Crippen LogP contribution in [0.4, 0.5) is 11.5 Å². The van der Waals surface area contributed by atoms with Crippen LogP contribution in [0.15, 0.2) is 42.6 Å². The zero-order valence-electron chi connectivity index (χ0n) is 11.5. The average Bonchev–Trinajstić information content (AvgIpc) is 2.86. The fraction of sp³-hybridized carbons (Fsp3) is 0.286. The summed E-state index contributed by atoms with van der Waals surface area (Å²) < 4.78 is 1.78. The Kier molecular flexibility index (Phi) is 6.06. The lowest BCUT2D eigenvalue weighted by Gasteiger charge is -2.12. The number of carbonyl (C=O) groups is 1. The van der Waals surface area contributed by atoms with Crippen molar-refractivity contribution in [1.29, 1.82) is 0 Å². The Hall–Kier alpha value is -2.01. The normalized spacial score (nSPS) is 9.95. The highest BCUT2D eigenvalue weighted by Gasteiger charge is 2.08. The van der Waals surface area contributed by atoms with Crippen molar-refractivity contribution < 1.29 is 4.79 Å². The van der Waals surface area contributed by atoms with Crippen molar-refractivity contribution in [2.75, 3.05) is 17.2 Å². The number of nitrogens with zero attached hydrogens (tertiary/aromatic N) is 2. The molecule has 0 aliphatic rings. The van der Waals surface area contributed by atoms with E-state index in [4.69, 9.17) is 0 Å². The van der Waals surface area contributed by atoms with Crippen LogP contribution in [0, 0.1) is 0 Å². The molecule has 1 aromatic carbocycles. The van der Waals surface area contributed by atoms with Crippen LogP contribution in [0.25, 0.3) is 0 Å². The van der Waals surface area contributed by atoms with Crippen molar-refractivity contribution in [3.63, 3.8) is 0 Å². The van der Waals surface area contributed by atoms with Gasteiger partial charge in [-0.15, -0.1) is 12.4 Å². The predicted molar refractivity (Wildman–Crippen MR) is 83.4 cm³/mol. The maximum Gasteiger partial charge on any atom is 0.244 e. The number of aromatic nitrogens is 2. The maximum absolute atomic E-state index is 11.8. The first-order valence-corrected chi connectivity index (χ1v) is 6.29. The predicted octanol–water partition coefficient (Wildman–Crippen LogP) is 2.94. The number of anilines is 2. The van der Waals surface area contributed by atoms with E-state index < -0.39 is 0 Å². The fourth-order valence-corrected chi connectivity index (χ4v) is 1.75. The topological polar surface area (TPSA) is 59.0 Å². The Labute approximate surface area is 124 Å². The minimum absolute atomic E-state index is 0. The van der Waals surface area contributed by atoms with Gasteiger partial charge in [0.2, 0.25) is 5.91 Å². The molecule has 0 radical (unpaired) electrons. The Bertz CT molecular complexity index is 539. The Balaban J connectivity index is 0.00000200. The maximum atomic E-state index is 11.8. The smallest absolute Gasteiger partial charge is 0.244 e. The van der Waals surface area contributed by atoms with Gasteiger partial charge < -0.3 is 10.6 Å². The summed E-state index contributed by atoms with van der Waals surface area (Å²) in [6.07, 6.45) is 1.68. The fourth-order valence-electron chi connectivity index (χ4n) is 1.75. The minimum Gasteiger partial charge on any atom is -0.376 e. The molecule has 2 N–H and O–H groups in total. The molecule has 1 heterocycles. The number of benzene rings is 1. The molecule has 0 unspecified atom stereocenters. The lowest BCUT2D eigenvalue weighted by atomic mass is 10.3. The number of rotatable bonds is 5. The van der Waals surface area contributed by atoms with E-state index in [1.165, 1.54) is 0 Å². The Morgan fingerprint density at radius 3 is 2.60 bits per heavy atom. The number of hydrogen-bond donors (Lipinski definition) is 2.